The van der Waals surface area contributed by atoms with Crippen molar-refractivity contribution in [2.45, 2.75) is 26.1 Å². The molecule has 0 amide bonds. The molecule has 1 heterocycles. The number of carbonyl (C=O) groups excluding carboxylic acids is 2. The van der Waals surface area contributed by atoms with Crippen molar-refractivity contribution in [1.29, 1.82) is 0 Å². The quantitative estimate of drug-likeness (QED) is 0.351. The van der Waals surface area contributed by atoms with Gasteiger partial charge in [0.2, 0.25) is 0 Å². The second-order valence-corrected chi connectivity index (χ2v) is 9.37. The molecule has 10 heteroatoms. The molecule has 0 bridgehead atoms. The van der Waals surface area contributed by atoms with Crippen LogP contribution >= 0.6 is 0 Å². The Morgan fingerprint density at radius 3 is 1.39 bits per heavy atom. The summed E-state index contributed by atoms with van der Waals surface area (Å²) >= 11 is 0. The summed E-state index contributed by atoms with van der Waals surface area (Å²) in [5, 5.41) is 21.0. The highest BCUT2D eigenvalue weighted by Gasteiger charge is 2.22. The number of aliphatic hydroxyl groups is 2. The number of Topliss-reactive ketones (excluding diaryl/α,β-unsaturated/α-hetero) is 2. The van der Waals surface area contributed by atoms with Crippen LogP contribution in [0, 0.1) is 0 Å². The summed E-state index contributed by atoms with van der Waals surface area (Å²) in [5.41, 5.74) is 1.07. The molecule has 1 fully saturated rings. The first-order valence-electron chi connectivity index (χ1n) is 12.6. The summed E-state index contributed by atoms with van der Waals surface area (Å²) in [6, 6.07) is 9.95. The Kier molecular flexibility index (Phi) is 10.9. The third-order valence-corrected chi connectivity index (χ3v) is 6.41. The Balaban J connectivity index is 1.38. The molecule has 3 rings (SSSR count). The Labute approximate surface area is 223 Å². The smallest absolute Gasteiger partial charge is 0.161 e. The largest absolute Gasteiger partial charge is 0.493 e. The van der Waals surface area contributed by atoms with Crippen LogP contribution in [0.1, 0.15) is 34.6 Å². The number of β-amino-alcohol motifs (C(OH)–C–C–N with tert-alkyl or cyclic N) is 2. The van der Waals surface area contributed by atoms with Gasteiger partial charge in [0.05, 0.1) is 14.2 Å². The van der Waals surface area contributed by atoms with Gasteiger partial charge in [-0.3, -0.25) is 19.4 Å². The zero-order chi connectivity index (χ0) is 27.7. The first-order valence-corrected chi connectivity index (χ1v) is 12.6. The van der Waals surface area contributed by atoms with Gasteiger partial charge in [-0.15, -0.1) is 0 Å². The van der Waals surface area contributed by atoms with Gasteiger partial charge in [0, 0.05) is 50.4 Å². The number of rotatable bonds is 14. The van der Waals surface area contributed by atoms with Gasteiger partial charge >= 0.3 is 0 Å². The van der Waals surface area contributed by atoms with Crippen LogP contribution in [-0.2, 0) is 0 Å². The predicted octanol–water partition coefficient (Wildman–Crippen LogP) is 1.91. The van der Waals surface area contributed by atoms with Crippen molar-refractivity contribution in [3.8, 4) is 23.0 Å². The molecular weight excluding hydrogens is 492 g/mol. The van der Waals surface area contributed by atoms with Gasteiger partial charge in [0.25, 0.3) is 0 Å². The van der Waals surface area contributed by atoms with Gasteiger partial charge in [0.1, 0.15) is 25.4 Å². The Morgan fingerprint density at radius 1 is 0.711 bits per heavy atom. The molecule has 2 N–H and O–H groups in total. The maximum absolute atomic E-state index is 11.6. The molecule has 0 aromatic heterocycles. The minimum absolute atomic E-state index is 0.0604. The highest BCUT2D eigenvalue weighted by atomic mass is 16.5. The molecule has 38 heavy (non-hydrogen) atoms. The van der Waals surface area contributed by atoms with Crippen molar-refractivity contribution < 1.29 is 38.7 Å². The van der Waals surface area contributed by atoms with Gasteiger partial charge in [-0.25, -0.2) is 0 Å². The van der Waals surface area contributed by atoms with E-state index in [4.69, 9.17) is 18.9 Å². The van der Waals surface area contributed by atoms with E-state index in [9.17, 15) is 19.8 Å². The molecule has 0 radical (unpaired) electrons. The van der Waals surface area contributed by atoms with Gasteiger partial charge < -0.3 is 29.2 Å². The average Bonchev–Trinajstić information content (AvgIpc) is 2.91. The molecule has 2 atom stereocenters. The Hall–Kier alpha value is -3.18. The van der Waals surface area contributed by atoms with E-state index in [2.05, 4.69) is 9.80 Å². The normalized spacial score (nSPS) is 15.9. The van der Waals surface area contributed by atoms with Crippen molar-refractivity contribution in [2.75, 3.05) is 66.7 Å². The number of ether oxygens (including phenoxy) is 4. The van der Waals surface area contributed by atoms with E-state index in [1.54, 1.807) is 36.4 Å². The lowest BCUT2D eigenvalue weighted by Gasteiger charge is -2.36. The van der Waals surface area contributed by atoms with Crippen LogP contribution in [0.5, 0.6) is 23.0 Å². The number of nitrogens with zero attached hydrogens (tertiary/aromatic N) is 2. The van der Waals surface area contributed by atoms with Crippen LogP contribution in [0.2, 0.25) is 0 Å². The molecule has 1 saturated heterocycles. The molecule has 1 aliphatic rings. The first-order chi connectivity index (χ1) is 18.2. The number of aliphatic hydroxyl groups excluding tert-OH is 2. The minimum Gasteiger partial charge on any atom is -0.493 e. The summed E-state index contributed by atoms with van der Waals surface area (Å²) in [4.78, 5) is 27.4. The number of hydrogen-bond donors (Lipinski definition) is 2. The van der Waals surface area contributed by atoms with E-state index in [0.717, 1.165) is 26.2 Å². The highest BCUT2D eigenvalue weighted by molar-refractivity contribution is 5.95. The van der Waals surface area contributed by atoms with Gasteiger partial charge in [-0.2, -0.15) is 0 Å². The van der Waals surface area contributed by atoms with Gasteiger partial charge in [-0.05, 0) is 50.2 Å². The fourth-order valence-corrected chi connectivity index (χ4v) is 4.24. The van der Waals surface area contributed by atoms with Crippen LogP contribution in [-0.4, -0.2) is 110 Å². The number of methoxy groups -OCH3 is 2. The van der Waals surface area contributed by atoms with Crippen molar-refractivity contribution in [1.82, 2.24) is 9.80 Å². The van der Waals surface area contributed by atoms with Crippen molar-refractivity contribution in [3.05, 3.63) is 47.5 Å². The van der Waals surface area contributed by atoms with Crippen LogP contribution in [0.25, 0.3) is 0 Å². The maximum atomic E-state index is 11.6. The zero-order valence-electron chi connectivity index (χ0n) is 22.5. The van der Waals surface area contributed by atoms with Gasteiger partial charge in [0.15, 0.2) is 34.6 Å². The fraction of sp³-hybridized carbons (Fsp3) is 0.500. The average molecular weight is 531 g/mol. The Morgan fingerprint density at radius 2 is 1.08 bits per heavy atom. The summed E-state index contributed by atoms with van der Waals surface area (Å²) in [7, 11) is 3.02. The zero-order valence-corrected chi connectivity index (χ0v) is 22.5. The summed E-state index contributed by atoms with van der Waals surface area (Å²) in [6.07, 6.45) is -1.38. The molecular formula is C28H38N2O8. The number of benzene rings is 2. The number of hydrogen-bond acceptors (Lipinski definition) is 10. The third-order valence-electron chi connectivity index (χ3n) is 6.41. The van der Waals surface area contributed by atoms with Crippen molar-refractivity contribution in [3.63, 3.8) is 0 Å². The van der Waals surface area contributed by atoms with E-state index in [0.29, 0.717) is 47.2 Å². The van der Waals surface area contributed by atoms with Crippen LogP contribution in [0.4, 0.5) is 0 Å². The fourth-order valence-electron chi connectivity index (χ4n) is 4.24. The number of ketones is 2. The van der Waals surface area contributed by atoms with E-state index >= 15 is 0 Å². The lowest BCUT2D eigenvalue weighted by molar-refractivity contribution is 0.0236. The lowest BCUT2D eigenvalue weighted by atomic mass is 10.1. The second kappa shape index (κ2) is 14.1. The second-order valence-electron chi connectivity index (χ2n) is 9.37. The standard InChI is InChI=1S/C28H38N2O8/c1-19(31)21-5-7-25(27(13-21)35-3)37-17-23(33)15-29-9-11-30(12-10-29)16-24(34)18-38-26-8-6-22(20(2)32)14-28(26)36-4/h5-8,13-14,23-24,33-34H,9-12,15-18H2,1-4H3/t23-,24-/m1/s1. The lowest BCUT2D eigenvalue weighted by Crippen LogP contribution is -2.51. The van der Waals surface area contributed by atoms with E-state index < -0.39 is 12.2 Å². The minimum atomic E-state index is -0.692. The molecule has 208 valence electrons. The van der Waals surface area contributed by atoms with Crippen LogP contribution in [0.15, 0.2) is 36.4 Å². The maximum Gasteiger partial charge on any atom is 0.161 e. The predicted molar refractivity (Wildman–Crippen MR) is 142 cm³/mol. The molecule has 0 unspecified atom stereocenters. The molecule has 2 aromatic rings. The van der Waals surface area contributed by atoms with E-state index in [1.165, 1.54) is 28.1 Å². The number of carbonyl (C=O) groups is 2. The topological polar surface area (TPSA) is 118 Å². The monoisotopic (exact) mass is 530 g/mol. The molecule has 0 saturated carbocycles. The van der Waals surface area contributed by atoms with Crippen LogP contribution < -0.4 is 18.9 Å². The van der Waals surface area contributed by atoms with Crippen molar-refractivity contribution in [2.24, 2.45) is 0 Å². The molecule has 10 nitrogen and oxygen atoms in total. The van der Waals surface area contributed by atoms with Crippen molar-refractivity contribution >= 4 is 11.6 Å². The molecule has 1 aliphatic heterocycles. The Bertz CT molecular complexity index is 999. The van der Waals surface area contributed by atoms with E-state index in [1.807, 2.05) is 0 Å². The summed E-state index contributed by atoms with van der Waals surface area (Å²) < 4.78 is 22.1. The van der Waals surface area contributed by atoms with E-state index in [-0.39, 0.29) is 24.8 Å². The highest BCUT2D eigenvalue weighted by Crippen LogP contribution is 2.29. The summed E-state index contributed by atoms with van der Waals surface area (Å²) in [5.74, 6) is 1.74. The van der Waals surface area contributed by atoms with Crippen LogP contribution in [0.3, 0.4) is 0 Å². The summed E-state index contributed by atoms with van der Waals surface area (Å²) in [6.45, 7) is 7.11. The molecule has 0 aliphatic carbocycles. The SMILES string of the molecule is COc1cc(C(C)=O)ccc1OC[C@H](O)CN1CCN(C[C@@H](O)COc2ccc(C(C)=O)cc2OC)CC1. The third kappa shape index (κ3) is 8.42. The first kappa shape index (κ1) is 29.4. The number of piperazine rings is 1. The molecule has 2 aromatic carbocycles. The van der Waals surface area contributed by atoms with Gasteiger partial charge in [-0.1, -0.05) is 0 Å². The molecule has 0 spiro atoms.